The van der Waals surface area contributed by atoms with E-state index in [0.717, 1.165) is 35.0 Å². The van der Waals surface area contributed by atoms with Crippen molar-refractivity contribution in [1.29, 1.82) is 0 Å². The van der Waals surface area contributed by atoms with Crippen LogP contribution in [0.5, 0.6) is 5.75 Å². The highest BCUT2D eigenvalue weighted by molar-refractivity contribution is 8.14. The van der Waals surface area contributed by atoms with Crippen LogP contribution in [0.3, 0.4) is 0 Å². The number of pyridine rings is 1. The van der Waals surface area contributed by atoms with E-state index in [4.69, 9.17) is 9.47 Å². The third kappa shape index (κ3) is 6.21. The number of carbonyl (C=O) groups is 2. The van der Waals surface area contributed by atoms with Gasteiger partial charge in [0.2, 0.25) is 0 Å². The summed E-state index contributed by atoms with van der Waals surface area (Å²) in [5.74, 6) is 0.232. The number of ether oxygens (including phenoxy) is 2. The number of aromatic nitrogens is 1. The highest BCUT2D eigenvalue weighted by Gasteiger charge is 2.31. The number of thioether (sulfide) groups is 1. The predicted molar refractivity (Wildman–Crippen MR) is 115 cm³/mol. The number of benzene rings is 1. The SMILES string of the molecule is CCc1ccc([C@H](COC(C)=O)COc2ccc(CC3SC(=O)NC3O)cc2)cn1. The van der Waals surface area contributed by atoms with Crippen molar-refractivity contribution in [3.8, 4) is 5.75 Å². The number of hydrogen-bond donors (Lipinski definition) is 2. The maximum atomic E-state index is 11.3. The zero-order chi connectivity index (χ0) is 21.5. The molecule has 0 bridgehead atoms. The molecule has 0 spiro atoms. The molecule has 1 aliphatic rings. The molecule has 2 aromatic rings. The Morgan fingerprint density at radius 1 is 1.23 bits per heavy atom. The van der Waals surface area contributed by atoms with Crippen molar-refractivity contribution in [2.24, 2.45) is 0 Å². The first-order chi connectivity index (χ1) is 14.4. The average Bonchev–Trinajstić information content (AvgIpc) is 3.06. The summed E-state index contributed by atoms with van der Waals surface area (Å²) >= 11 is 1.12. The van der Waals surface area contributed by atoms with E-state index in [9.17, 15) is 14.7 Å². The Morgan fingerprint density at radius 3 is 2.57 bits per heavy atom. The molecule has 1 amide bonds. The Bertz CT molecular complexity index is 857. The van der Waals surface area contributed by atoms with Crippen molar-refractivity contribution < 1.29 is 24.2 Å². The first-order valence-electron chi connectivity index (χ1n) is 9.89. The number of aryl methyl sites for hydroxylation is 1. The summed E-state index contributed by atoms with van der Waals surface area (Å²) in [6.45, 7) is 4.00. The molecular formula is C22H26N2O5S. The van der Waals surface area contributed by atoms with Crippen LogP contribution in [-0.4, -0.2) is 46.0 Å². The Labute approximate surface area is 180 Å². The molecule has 0 saturated carbocycles. The van der Waals surface area contributed by atoms with Crippen molar-refractivity contribution in [1.82, 2.24) is 10.3 Å². The standard InChI is InChI=1S/C22H26N2O5S/c1-3-18-7-6-16(11-23-18)17(12-28-14(2)25)13-29-19-8-4-15(5-9-19)10-20-21(26)24-22(27)30-20/h4-9,11,17,20-21,26H,3,10,12-13H2,1-2H3,(H,24,27)/t17-,20?,21?/m1/s1. The maximum Gasteiger partial charge on any atom is 0.302 e. The van der Waals surface area contributed by atoms with Crippen LogP contribution >= 0.6 is 11.8 Å². The van der Waals surface area contributed by atoms with Crippen molar-refractivity contribution in [2.45, 2.75) is 44.1 Å². The largest absolute Gasteiger partial charge is 0.493 e. The summed E-state index contributed by atoms with van der Waals surface area (Å²) in [6.07, 6.45) is 2.42. The molecule has 160 valence electrons. The summed E-state index contributed by atoms with van der Waals surface area (Å²) in [5, 5.41) is 11.9. The molecule has 1 aliphatic heterocycles. The normalized spacial score (nSPS) is 19.2. The van der Waals surface area contributed by atoms with Gasteiger partial charge in [0.05, 0.1) is 17.8 Å². The number of aliphatic hydroxyl groups excluding tert-OH is 1. The molecule has 3 rings (SSSR count). The highest BCUT2D eigenvalue weighted by Crippen LogP contribution is 2.26. The van der Waals surface area contributed by atoms with Crippen LogP contribution in [0, 0.1) is 0 Å². The lowest BCUT2D eigenvalue weighted by atomic mass is 10.0. The van der Waals surface area contributed by atoms with Crippen LogP contribution in [0.25, 0.3) is 0 Å². The maximum absolute atomic E-state index is 11.3. The van der Waals surface area contributed by atoms with E-state index in [1.165, 1.54) is 6.92 Å². The number of nitrogens with one attached hydrogen (secondary N) is 1. The van der Waals surface area contributed by atoms with E-state index in [1.807, 2.05) is 43.3 Å². The van der Waals surface area contributed by atoms with Gasteiger partial charge in [-0.05, 0) is 42.2 Å². The van der Waals surface area contributed by atoms with Gasteiger partial charge in [-0.25, -0.2) is 0 Å². The number of rotatable bonds is 9. The quantitative estimate of drug-likeness (QED) is 0.590. The summed E-state index contributed by atoms with van der Waals surface area (Å²) in [5.41, 5.74) is 2.96. The van der Waals surface area contributed by atoms with Gasteiger partial charge in [0.1, 0.15) is 18.6 Å². The number of amides is 1. The molecule has 7 nitrogen and oxygen atoms in total. The topological polar surface area (TPSA) is 97.8 Å². The lowest BCUT2D eigenvalue weighted by Gasteiger charge is -2.18. The first kappa shape index (κ1) is 22.1. The molecule has 8 heteroatoms. The van der Waals surface area contributed by atoms with E-state index < -0.39 is 6.23 Å². The van der Waals surface area contributed by atoms with Crippen LogP contribution < -0.4 is 10.1 Å². The lowest BCUT2D eigenvalue weighted by molar-refractivity contribution is -0.141. The molecule has 1 aromatic carbocycles. The summed E-state index contributed by atoms with van der Waals surface area (Å²) in [6, 6.07) is 11.5. The molecule has 0 aliphatic carbocycles. The molecule has 1 fully saturated rings. The van der Waals surface area contributed by atoms with E-state index in [0.29, 0.717) is 18.8 Å². The van der Waals surface area contributed by atoms with Crippen LogP contribution in [0.2, 0.25) is 0 Å². The van der Waals surface area contributed by atoms with Crippen molar-refractivity contribution in [3.05, 3.63) is 59.4 Å². The summed E-state index contributed by atoms with van der Waals surface area (Å²) in [7, 11) is 0. The fourth-order valence-electron chi connectivity index (χ4n) is 3.10. The van der Waals surface area contributed by atoms with Gasteiger partial charge in [-0.15, -0.1) is 0 Å². The van der Waals surface area contributed by atoms with Gasteiger partial charge in [-0.3, -0.25) is 14.6 Å². The zero-order valence-electron chi connectivity index (χ0n) is 17.0. The molecule has 2 unspecified atom stereocenters. The number of carbonyl (C=O) groups excluding carboxylic acids is 2. The van der Waals surface area contributed by atoms with Gasteiger partial charge in [-0.1, -0.05) is 36.9 Å². The van der Waals surface area contributed by atoms with Gasteiger partial charge in [0.15, 0.2) is 0 Å². The van der Waals surface area contributed by atoms with Crippen molar-refractivity contribution in [2.75, 3.05) is 13.2 Å². The summed E-state index contributed by atoms with van der Waals surface area (Å²) in [4.78, 5) is 27.0. The fraction of sp³-hybridized carbons (Fsp3) is 0.409. The Morgan fingerprint density at radius 2 is 2.00 bits per heavy atom. The smallest absolute Gasteiger partial charge is 0.302 e. The van der Waals surface area contributed by atoms with Gasteiger partial charge in [0, 0.05) is 18.8 Å². The highest BCUT2D eigenvalue weighted by atomic mass is 32.2. The second-order valence-electron chi connectivity index (χ2n) is 7.13. The van der Waals surface area contributed by atoms with Gasteiger partial charge < -0.3 is 19.9 Å². The Hall–Kier alpha value is -2.58. The molecular weight excluding hydrogens is 404 g/mol. The van der Waals surface area contributed by atoms with Crippen molar-refractivity contribution in [3.63, 3.8) is 0 Å². The van der Waals surface area contributed by atoms with Crippen molar-refractivity contribution >= 4 is 23.0 Å². The van der Waals surface area contributed by atoms with Gasteiger partial charge in [-0.2, -0.15) is 0 Å². The number of aliphatic hydroxyl groups is 1. The zero-order valence-corrected chi connectivity index (χ0v) is 17.9. The summed E-state index contributed by atoms with van der Waals surface area (Å²) < 4.78 is 11.1. The third-order valence-corrected chi connectivity index (χ3v) is 5.92. The predicted octanol–water partition coefficient (Wildman–Crippen LogP) is 3.06. The minimum absolute atomic E-state index is 0.130. The fourth-order valence-corrected chi connectivity index (χ4v) is 4.04. The molecule has 30 heavy (non-hydrogen) atoms. The van der Waals surface area contributed by atoms with E-state index in [1.54, 1.807) is 6.20 Å². The second kappa shape index (κ2) is 10.4. The lowest BCUT2D eigenvalue weighted by Crippen LogP contribution is -2.31. The average molecular weight is 431 g/mol. The number of esters is 1. The van der Waals surface area contributed by atoms with Crippen LogP contribution in [0.1, 0.15) is 36.6 Å². The first-order valence-corrected chi connectivity index (χ1v) is 10.8. The number of hydrogen-bond acceptors (Lipinski definition) is 7. The second-order valence-corrected chi connectivity index (χ2v) is 8.34. The Balaban J connectivity index is 1.59. The monoisotopic (exact) mass is 430 g/mol. The minimum Gasteiger partial charge on any atom is -0.493 e. The number of nitrogens with zero attached hydrogens (tertiary/aromatic N) is 1. The molecule has 2 heterocycles. The third-order valence-electron chi connectivity index (χ3n) is 4.86. The minimum atomic E-state index is -0.826. The van der Waals surface area contributed by atoms with E-state index in [2.05, 4.69) is 10.3 Å². The molecule has 1 saturated heterocycles. The van der Waals surface area contributed by atoms with Gasteiger partial charge in [0.25, 0.3) is 5.24 Å². The molecule has 2 N–H and O–H groups in total. The van der Waals surface area contributed by atoms with E-state index >= 15 is 0 Å². The van der Waals surface area contributed by atoms with E-state index in [-0.39, 0.29) is 29.0 Å². The Kier molecular flexibility index (Phi) is 7.70. The van der Waals surface area contributed by atoms with Crippen LogP contribution in [0.15, 0.2) is 42.6 Å². The molecule has 1 aromatic heterocycles. The molecule has 3 atom stereocenters. The van der Waals surface area contributed by atoms with Crippen LogP contribution in [0.4, 0.5) is 4.79 Å². The molecule has 0 radical (unpaired) electrons. The van der Waals surface area contributed by atoms with Crippen LogP contribution in [-0.2, 0) is 22.4 Å². The van der Waals surface area contributed by atoms with Gasteiger partial charge >= 0.3 is 5.97 Å².